The van der Waals surface area contributed by atoms with Crippen molar-refractivity contribution in [1.82, 2.24) is 5.32 Å². The number of ether oxygens (including phenoxy) is 1. The Morgan fingerprint density at radius 2 is 2.07 bits per heavy atom. The van der Waals surface area contributed by atoms with Gasteiger partial charge in [0.05, 0.1) is 0 Å². The lowest BCUT2D eigenvalue weighted by Gasteiger charge is -2.08. The van der Waals surface area contributed by atoms with Gasteiger partial charge in [-0.2, -0.15) is 0 Å². The first-order valence-corrected chi connectivity index (χ1v) is 5.29. The van der Waals surface area contributed by atoms with Crippen LogP contribution in [0.5, 0.6) is 0 Å². The zero-order valence-corrected chi connectivity index (χ0v) is 8.77. The molecule has 1 N–H and O–H groups in total. The number of hydrogen-bond acceptors (Lipinski definition) is 2. The van der Waals surface area contributed by atoms with Crippen LogP contribution in [0.3, 0.4) is 0 Å². The smallest absolute Gasteiger partial charge is 0.251 e. The molecule has 3 nitrogen and oxygen atoms in total. The molecule has 0 spiro atoms. The molecule has 1 saturated heterocycles. The first-order chi connectivity index (χ1) is 7.29. The Labute approximate surface area is 89.4 Å². The minimum absolute atomic E-state index is 0.00528. The van der Waals surface area contributed by atoms with E-state index in [0.717, 1.165) is 12.0 Å². The molecule has 0 bridgehead atoms. The maximum absolute atomic E-state index is 11.5. The molecule has 1 aliphatic heterocycles. The van der Waals surface area contributed by atoms with Crippen LogP contribution in [-0.2, 0) is 16.0 Å². The molecule has 2 atom stereocenters. The molecule has 1 heterocycles. The van der Waals surface area contributed by atoms with Crippen molar-refractivity contribution >= 4 is 5.91 Å². The van der Waals surface area contributed by atoms with Gasteiger partial charge >= 0.3 is 0 Å². The first kappa shape index (κ1) is 10.2. The van der Waals surface area contributed by atoms with E-state index in [1.807, 2.05) is 37.3 Å². The van der Waals surface area contributed by atoms with Crippen LogP contribution in [0, 0.1) is 0 Å². The Bertz CT molecular complexity index is 337. The molecule has 0 saturated carbocycles. The summed E-state index contributed by atoms with van der Waals surface area (Å²) in [6.07, 6.45) is 1.05. The van der Waals surface area contributed by atoms with Crippen molar-refractivity contribution in [2.45, 2.75) is 32.1 Å². The molecule has 80 valence electrons. The summed E-state index contributed by atoms with van der Waals surface area (Å²) in [6, 6.07) is 9.93. The van der Waals surface area contributed by atoms with Crippen LogP contribution in [0.2, 0.25) is 0 Å². The Morgan fingerprint density at radius 3 is 2.67 bits per heavy atom. The van der Waals surface area contributed by atoms with Crippen molar-refractivity contribution in [2.75, 3.05) is 0 Å². The Morgan fingerprint density at radius 1 is 1.33 bits per heavy atom. The van der Waals surface area contributed by atoms with Crippen molar-refractivity contribution < 1.29 is 9.53 Å². The summed E-state index contributed by atoms with van der Waals surface area (Å²) in [5.41, 5.74) is 1.13. The van der Waals surface area contributed by atoms with Crippen molar-refractivity contribution in [1.29, 1.82) is 0 Å². The summed E-state index contributed by atoms with van der Waals surface area (Å²) >= 11 is 0. The quantitative estimate of drug-likeness (QED) is 0.811. The monoisotopic (exact) mass is 205 g/mol. The van der Waals surface area contributed by atoms with Crippen LogP contribution < -0.4 is 5.32 Å². The van der Waals surface area contributed by atoms with Crippen molar-refractivity contribution in [3.05, 3.63) is 35.9 Å². The van der Waals surface area contributed by atoms with Gasteiger partial charge in [0, 0.05) is 6.42 Å². The zero-order valence-electron chi connectivity index (χ0n) is 8.77. The lowest BCUT2D eigenvalue weighted by molar-refractivity contribution is -0.123. The predicted molar refractivity (Wildman–Crippen MR) is 57.2 cm³/mol. The van der Waals surface area contributed by atoms with Crippen molar-refractivity contribution in [2.24, 2.45) is 0 Å². The lowest BCUT2D eigenvalue weighted by Crippen LogP contribution is -2.27. The van der Waals surface area contributed by atoms with E-state index in [0.29, 0.717) is 6.42 Å². The molecule has 1 aromatic carbocycles. The SMILES string of the molecule is CC[C@@H]1NC(=O)[C@H](Cc2ccccc2)O1. The topological polar surface area (TPSA) is 38.3 Å². The normalized spacial score (nSPS) is 25.3. The standard InChI is InChI=1S/C12H15NO2/c1-2-11-13-12(14)10(15-11)8-9-6-4-3-5-7-9/h3-7,10-11H,2,8H2,1H3,(H,13,14)/t10-,11+/m0/s1. The fourth-order valence-electron chi connectivity index (χ4n) is 1.71. The van der Waals surface area contributed by atoms with Gasteiger partial charge in [0.2, 0.25) is 0 Å². The second kappa shape index (κ2) is 4.45. The van der Waals surface area contributed by atoms with E-state index in [4.69, 9.17) is 4.74 Å². The summed E-state index contributed by atoms with van der Waals surface area (Å²) in [4.78, 5) is 11.5. The van der Waals surface area contributed by atoms with Gasteiger partial charge in [-0.05, 0) is 12.0 Å². The highest BCUT2D eigenvalue weighted by atomic mass is 16.5. The van der Waals surface area contributed by atoms with Crippen LogP contribution in [0.25, 0.3) is 0 Å². The third-order valence-electron chi connectivity index (χ3n) is 2.56. The van der Waals surface area contributed by atoms with Gasteiger partial charge in [0.15, 0.2) is 0 Å². The summed E-state index contributed by atoms with van der Waals surface area (Å²) in [5.74, 6) is 0.00528. The highest BCUT2D eigenvalue weighted by molar-refractivity contribution is 5.82. The first-order valence-electron chi connectivity index (χ1n) is 5.29. The summed E-state index contributed by atoms with van der Waals surface area (Å²) in [6.45, 7) is 2.00. The van der Waals surface area contributed by atoms with Crippen LogP contribution in [0.1, 0.15) is 18.9 Å². The maximum atomic E-state index is 11.5. The van der Waals surface area contributed by atoms with Crippen LogP contribution >= 0.6 is 0 Å². The second-order valence-electron chi connectivity index (χ2n) is 3.72. The average molecular weight is 205 g/mol. The summed E-state index contributed by atoms with van der Waals surface area (Å²) < 4.78 is 5.57. The Balaban J connectivity index is 1.99. The number of hydrogen-bond donors (Lipinski definition) is 1. The highest BCUT2D eigenvalue weighted by Gasteiger charge is 2.31. The van der Waals surface area contributed by atoms with E-state index in [9.17, 15) is 4.79 Å². The van der Waals surface area contributed by atoms with E-state index in [-0.39, 0.29) is 18.2 Å². The molecule has 1 aliphatic rings. The van der Waals surface area contributed by atoms with Crippen LogP contribution in [0.15, 0.2) is 30.3 Å². The summed E-state index contributed by atoms with van der Waals surface area (Å²) in [5, 5.41) is 2.81. The molecule has 1 fully saturated rings. The molecular weight excluding hydrogens is 190 g/mol. The number of carbonyl (C=O) groups excluding carboxylic acids is 1. The van der Waals surface area contributed by atoms with Gasteiger partial charge in [-0.3, -0.25) is 4.79 Å². The summed E-state index contributed by atoms with van der Waals surface area (Å²) in [7, 11) is 0. The van der Waals surface area contributed by atoms with E-state index < -0.39 is 0 Å². The van der Waals surface area contributed by atoms with Gasteiger partial charge < -0.3 is 10.1 Å². The number of amides is 1. The molecule has 0 unspecified atom stereocenters. The largest absolute Gasteiger partial charge is 0.345 e. The van der Waals surface area contributed by atoms with Gasteiger partial charge in [-0.15, -0.1) is 0 Å². The third-order valence-corrected chi connectivity index (χ3v) is 2.56. The number of rotatable bonds is 3. The number of carbonyl (C=O) groups is 1. The minimum atomic E-state index is -0.322. The molecule has 1 aromatic rings. The van der Waals surface area contributed by atoms with Crippen molar-refractivity contribution in [3.8, 4) is 0 Å². The molecule has 0 aliphatic carbocycles. The zero-order chi connectivity index (χ0) is 10.7. The molecule has 3 heteroatoms. The number of nitrogens with one attached hydrogen (secondary N) is 1. The van der Waals surface area contributed by atoms with E-state index >= 15 is 0 Å². The van der Waals surface area contributed by atoms with Gasteiger partial charge in [-0.1, -0.05) is 37.3 Å². The van der Waals surface area contributed by atoms with Crippen molar-refractivity contribution in [3.63, 3.8) is 0 Å². The van der Waals surface area contributed by atoms with Gasteiger partial charge in [-0.25, -0.2) is 0 Å². The van der Waals surface area contributed by atoms with E-state index in [1.165, 1.54) is 0 Å². The predicted octanol–water partition coefficient (Wildman–Crippen LogP) is 1.48. The van der Waals surface area contributed by atoms with Gasteiger partial charge in [0.1, 0.15) is 12.3 Å². The molecule has 0 radical (unpaired) electrons. The fraction of sp³-hybridized carbons (Fsp3) is 0.417. The maximum Gasteiger partial charge on any atom is 0.251 e. The molecule has 1 amide bonds. The van der Waals surface area contributed by atoms with Crippen LogP contribution in [-0.4, -0.2) is 18.2 Å². The highest BCUT2D eigenvalue weighted by Crippen LogP contribution is 2.14. The minimum Gasteiger partial charge on any atom is -0.345 e. The van der Waals surface area contributed by atoms with E-state index in [2.05, 4.69) is 5.32 Å². The third kappa shape index (κ3) is 2.36. The molecule has 15 heavy (non-hydrogen) atoms. The number of benzene rings is 1. The lowest BCUT2D eigenvalue weighted by atomic mass is 10.1. The fourth-order valence-corrected chi connectivity index (χ4v) is 1.71. The molecular formula is C12H15NO2. The second-order valence-corrected chi connectivity index (χ2v) is 3.72. The molecule has 0 aromatic heterocycles. The Hall–Kier alpha value is -1.35. The molecule has 2 rings (SSSR count). The average Bonchev–Trinajstić information content (AvgIpc) is 2.61. The van der Waals surface area contributed by atoms with Gasteiger partial charge in [0.25, 0.3) is 5.91 Å². The van der Waals surface area contributed by atoms with E-state index in [1.54, 1.807) is 0 Å². The Kier molecular flexibility index (Phi) is 3.02. The van der Waals surface area contributed by atoms with Crippen LogP contribution in [0.4, 0.5) is 0 Å².